The third-order valence-corrected chi connectivity index (χ3v) is 3.51. The normalized spacial score (nSPS) is 21.6. The Morgan fingerprint density at radius 2 is 2.15 bits per heavy atom. The topological polar surface area (TPSA) is 50.4 Å². The Morgan fingerprint density at radius 3 is 2.80 bits per heavy atom. The smallest absolute Gasteiger partial charge is 0.257 e. The van der Waals surface area contributed by atoms with E-state index in [9.17, 15) is 4.79 Å². The van der Waals surface area contributed by atoms with Crippen molar-refractivity contribution in [3.05, 3.63) is 30.3 Å². The van der Waals surface area contributed by atoms with Crippen LogP contribution in [0.15, 0.2) is 30.3 Å². The Balaban J connectivity index is 0.00000200. The van der Waals surface area contributed by atoms with Crippen molar-refractivity contribution in [3.8, 4) is 5.75 Å². The van der Waals surface area contributed by atoms with E-state index in [1.165, 1.54) is 6.42 Å². The molecular formula is C15H23ClN2O2. The molecule has 2 N–H and O–H groups in total. The maximum absolute atomic E-state index is 11.7. The summed E-state index contributed by atoms with van der Waals surface area (Å²) in [5.41, 5.74) is 0.167. The number of rotatable bonds is 5. The molecule has 1 aromatic rings. The lowest BCUT2D eigenvalue weighted by Gasteiger charge is -2.34. The molecule has 0 bridgehead atoms. The van der Waals surface area contributed by atoms with Gasteiger partial charge in [-0.2, -0.15) is 0 Å². The summed E-state index contributed by atoms with van der Waals surface area (Å²) in [6.45, 7) is 5.04. The lowest BCUT2D eigenvalue weighted by molar-refractivity contribution is -0.123. The maximum Gasteiger partial charge on any atom is 0.257 e. The fourth-order valence-corrected chi connectivity index (χ4v) is 2.30. The number of ether oxygens (including phenoxy) is 1. The predicted molar refractivity (Wildman–Crippen MR) is 82.4 cm³/mol. The highest BCUT2D eigenvalue weighted by molar-refractivity contribution is 5.85. The molecule has 5 heteroatoms. The van der Waals surface area contributed by atoms with Gasteiger partial charge in [0.2, 0.25) is 0 Å². The highest BCUT2D eigenvalue weighted by atomic mass is 35.5. The molecule has 1 atom stereocenters. The first kappa shape index (κ1) is 16.8. The minimum absolute atomic E-state index is 0. The molecule has 1 heterocycles. The van der Waals surface area contributed by atoms with Crippen LogP contribution in [0.5, 0.6) is 5.75 Å². The fourth-order valence-electron chi connectivity index (χ4n) is 2.30. The average molecular weight is 299 g/mol. The van der Waals surface area contributed by atoms with Gasteiger partial charge in [0.15, 0.2) is 6.61 Å². The van der Waals surface area contributed by atoms with Crippen LogP contribution in [0.3, 0.4) is 0 Å². The summed E-state index contributed by atoms with van der Waals surface area (Å²) >= 11 is 0. The number of carbonyl (C=O) groups excluding carboxylic acids is 1. The number of halogens is 1. The molecular weight excluding hydrogens is 276 g/mol. The number of piperidine rings is 1. The first-order valence-corrected chi connectivity index (χ1v) is 6.83. The van der Waals surface area contributed by atoms with Crippen molar-refractivity contribution in [2.45, 2.75) is 19.8 Å². The van der Waals surface area contributed by atoms with Gasteiger partial charge in [-0.25, -0.2) is 0 Å². The first-order valence-electron chi connectivity index (χ1n) is 6.83. The zero-order chi connectivity index (χ0) is 13.6. The monoisotopic (exact) mass is 298 g/mol. The molecule has 1 aliphatic heterocycles. The van der Waals surface area contributed by atoms with E-state index >= 15 is 0 Å². The van der Waals surface area contributed by atoms with Crippen LogP contribution in [-0.4, -0.2) is 32.1 Å². The van der Waals surface area contributed by atoms with Gasteiger partial charge >= 0.3 is 0 Å². The number of hydrogen-bond donors (Lipinski definition) is 2. The Hall–Kier alpha value is -1.26. The Bertz CT molecular complexity index is 406. The maximum atomic E-state index is 11.7. The predicted octanol–water partition coefficient (Wildman–Crippen LogP) is 1.99. The molecule has 0 radical (unpaired) electrons. The summed E-state index contributed by atoms with van der Waals surface area (Å²) in [7, 11) is 0. The third kappa shape index (κ3) is 5.39. The zero-order valence-corrected chi connectivity index (χ0v) is 12.7. The van der Waals surface area contributed by atoms with Crippen molar-refractivity contribution in [3.63, 3.8) is 0 Å². The van der Waals surface area contributed by atoms with Gasteiger partial charge in [-0.15, -0.1) is 12.4 Å². The molecule has 112 valence electrons. The van der Waals surface area contributed by atoms with Crippen LogP contribution >= 0.6 is 12.4 Å². The van der Waals surface area contributed by atoms with Gasteiger partial charge in [0.1, 0.15) is 5.75 Å². The van der Waals surface area contributed by atoms with Crippen molar-refractivity contribution in [1.82, 2.24) is 10.6 Å². The molecule has 0 spiro atoms. The summed E-state index contributed by atoms with van der Waals surface area (Å²) in [5, 5.41) is 6.33. The van der Waals surface area contributed by atoms with E-state index < -0.39 is 0 Å². The number of benzene rings is 1. The van der Waals surface area contributed by atoms with Crippen molar-refractivity contribution < 1.29 is 9.53 Å². The number of amides is 1. The van der Waals surface area contributed by atoms with E-state index in [1.807, 2.05) is 30.3 Å². The fraction of sp³-hybridized carbons (Fsp3) is 0.533. The SMILES string of the molecule is CC1(CNC(=O)COc2ccccc2)CCCNC1.Cl. The van der Waals surface area contributed by atoms with E-state index in [0.717, 1.165) is 25.3 Å². The number of para-hydroxylation sites is 1. The minimum atomic E-state index is -0.0596. The van der Waals surface area contributed by atoms with E-state index in [0.29, 0.717) is 6.54 Å². The van der Waals surface area contributed by atoms with Gasteiger partial charge in [-0.1, -0.05) is 25.1 Å². The zero-order valence-electron chi connectivity index (χ0n) is 11.9. The molecule has 4 nitrogen and oxygen atoms in total. The standard InChI is InChI=1S/C15H22N2O2.ClH/c1-15(8-5-9-16-11-15)12-17-14(18)10-19-13-6-3-2-4-7-13;/h2-4,6-7,16H,5,8-12H2,1H3,(H,17,18);1H. The number of carbonyl (C=O) groups is 1. The van der Waals surface area contributed by atoms with Gasteiger partial charge in [-0.3, -0.25) is 4.79 Å². The Morgan fingerprint density at radius 1 is 1.40 bits per heavy atom. The van der Waals surface area contributed by atoms with E-state index in [4.69, 9.17) is 4.74 Å². The van der Waals surface area contributed by atoms with Crippen molar-refractivity contribution in [2.75, 3.05) is 26.2 Å². The molecule has 1 aromatic carbocycles. The third-order valence-electron chi connectivity index (χ3n) is 3.51. The van der Waals surface area contributed by atoms with Crippen molar-refractivity contribution >= 4 is 18.3 Å². The first-order chi connectivity index (χ1) is 9.18. The lowest BCUT2D eigenvalue weighted by Crippen LogP contribution is -2.46. The number of hydrogen-bond acceptors (Lipinski definition) is 3. The second-order valence-corrected chi connectivity index (χ2v) is 5.47. The van der Waals surface area contributed by atoms with Crippen LogP contribution in [0, 0.1) is 5.41 Å². The van der Waals surface area contributed by atoms with Gasteiger partial charge < -0.3 is 15.4 Å². The van der Waals surface area contributed by atoms with Crippen LogP contribution in [0.4, 0.5) is 0 Å². The van der Waals surface area contributed by atoms with E-state index in [1.54, 1.807) is 0 Å². The summed E-state index contributed by atoms with van der Waals surface area (Å²) in [5.74, 6) is 0.666. The van der Waals surface area contributed by atoms with E-state index in [2.05, 4.69) is 17.6 Å². The van der Waals surface area contributed by atoms with Crippen molar-refractivity contribution in [2.24, 2.45) is 5.41 Å². The summed E-state index contributed by atoms with van der Waals surface area (Å²) < 4.78 is 5.41. The summed E-state index contributed by atoms with van der Waals surface area (Å²) in [6.07, 6.45) is 2.33. The number of nitrogens with one attached hydrogen (secondary N) is 2. The molecule has 1 fully saturated rings. The van der Waals surface area contributed by atoms with Gasteiger partial charge in [-0.05, 0) is 36.9 Å². The summed E-state index contributed by atoms with van der Waals surface area (Å²) in [4.78, 5) is 11.7. The quantitative estimate of drug-likeness (QED) is 0.874. The van der Waals surface area contributed by atoms with Crippen LogP contribution in [0.1, 0.15) is 19.8 Å². The molecule has 2 rings (SSSR count). The minimum Gasteiger partial charge on any atom is -0.484 e. The van der Waals surface area contributed by atoms with Crippen LogP contribution < -0.4 is 15.4 Å². The largest absolute Gasteiger partial charge is 0.484 e. The highest BCUT2D eigenvalue weighted by Gasteiger charge is 2.26. The molecule has 1 saturated heterocycles. The van der Waals surface area contributed by atoms with Crippen LogP contribution in [-0.2, 0) is 4.79 Å². The Kier molecular flexibility index (Phi) is 6.82. The molecule has 1 aliphatic rings. The van der Waals surface area contributed by atoms with E-state index in [-0.39, 0.29) is 30.3 Å². The van der Waals surface area contributed by atoms with Gasteiger partial charge in [0, 0.05) is 13.1 Å². The highest BCUT2D eigenvalue weighted by Crippen LogP contribution is 2.24. The van der Waals surface area contributed by atoms with Crippen LogP contribution in [0.25, 0.3) is 0 Å². The lowest BCUT2D eigenvalue weighted by atomic mass is 9.83. The van der Waals surface area contributed by atoms with Gasteiger partial charge in [0.25, 0.3) is 5.91 Å². The second-order valence-electron chi connectivity index (χ2n) is 5.47. The second kappa shape index (κ2) is 8.12. The molecule has 0 saturated carbocycles. The van der Waals surface area contributed by atoms with Gasteiger partial charge in [0.05, 0.1) is 0 Å². The van der Waals surface area contributed by atoms with Crippen molar-refractivity contribution in [1.29, 1.82) is 0 Å². The molecule has 0 aromatic heterocycles. The molecule has 1 amide bonds. The molecule has 20 heavy (non-hydrogen) atoms. The Labute approximate surface area is 126 Å². The summed E-state index contributed by atoms with van der Waals surface area (Å²) in [6, 6.07) is 9.40. The molecule has 0 aliphatic carbocycles. The molecule has 1 unspecified atom stereocenters. The average Bonchev–Trinajstić information content (AvgIpc) is 2.45. The van der Waals surface area contributed by atoms with Crippen LogP contribution in [0.2, 0.25) is 0 Å².